The highest BCUT2D eigenvalue weighted by Crippen LogP contribution is 2.48. The molecule has 4 nitrogen and oxygen atoms in total. The number of furan rings is 1. The topological polar surface area (TPSA) is 25.8 Å². The second-order valence-electron chi connectivity index (χ2n) is 20.1. The van der Waals surface area contributed by atoms with Gasteiger partial charge < -0.3 is 4.42 Å². The Hall–Kier alpha value is -5.78. The maximum absolute atomic E-state index is 6.72. The Kier molecular flexibility index (Phi) is 9.90. The molecule has 62 heavy (non-hydrogen) atoms. The van der Waals surface area contributed by atoms with Crippen LogP contribution in [0, 0.1) is 12.8 Å². The summed E-state index contributed by atoms with van der Waals surface area (Å²) < 4.78 is 14.7. The van der Waals surface area contributed by atoms with Crippen LogP contribution >= 0.6 is 0 Å². The van der Waals surface area contributed by atoms with Gasteiger partial charge >= 0.3 is 5.82 Å². The second-order valence-corrected chi connectivity index (χ2v) is 25.1. The van der Waals surface area contributed by atoms with Crippen LogP contribution in [0.5, 0.6) is 0 Å². The summed E-state index contributed by atoms with van der Waals surface area (Å²) in [4.78, 5) is 0. The molecule has 2 unspecified atom stereocenters. The van der Waals surface area contributed by atoms with Gasteiger partial charge in [-0.25, -0.2) is 0 Å². The van der Waals surface area contributed by atoms with Gasteiger partial charge in [-0.1, -0.05) is 140 Å². The van der Waals surface area contributed by atoms with E-state index in [9.17, 15) is 0 Å². The van der Waals surface area contributed by atoms with E-state index in [1.807, 2.05) is 0 Å². The number of fused-ring (bicyclic) bond motifs is 8. The van der Waals surface area contributed by atoms with Crippen molar-refractivity contribution in [3.63, 3.8) is 0 Å². The van der Waals surface area contributed by atoms with Gasteiger partial charge in [-0.2, -0.15) is 13.7 Å². The van der Waals surface area contributed by atoms with Gasteiger partial charge in [-0.15, -0.1) is 0 Å². The molecule has 0 amide bonds. The molecule has 0 saturated heterocycles. The third-order valence-electron chi connectivity index (χ3n) is 13.6. The van der Waals surface area contributed by atoms with Gasteiger partial charge in [0.2, 0.25) is 5.69 Å². The van der Waals surface area contributed by atoms with Crippen LogP contribution in [0.1, 0.15) is 99.8 Å². The number of hydrogen-bond donors (Lipinski definition) is 0. The summed E-state index contributed by atoms with van der Waals surface area (Å²) in [6.45, 7) is 23.8. The van der Waals surface area contributed by atoms with Crippen LogP contribution in [0.2, 0.25) is 19.6 Å². The van der Waals surface area contributed by atoms with Crippen molar-refractivity contribution in [1.82, 2.24) is 4.57 Å². The molecule has 5 aromatic carbocycles. The summed E-state index contributed by atoms with van der Waals surface area (Å²) >= 11 is 0. The number of hydrogen-bond acceptors (Lipinski definition) is 1. The average molecular weight is 832 g/mol. The Balaban J connectivity index is 1.29. The number of rotatable bonds is 9. The molecule has 5 heteroatoms. The van der Waals surface area contributed by atoms with Gasteiger partial charge in [-0.05, 0) is 95.8 Å². The number of pyridine rings is 1. The fraction of sp³-hybridized carbons (Fsp3) is 0.298. The Morgan fingerprint density at radius 1 is 0.742 bits per heavy atom. The van der Waals surface area contributed by atoms with Gasteiger partial charge in [0.15, 0.2) is 23.3 Å². The maximum Gasteiger partial charge on any atom is 0.304 e. The van der Waals surface area contributed by atoms with Crippen molar-refractivity contribution in [3.05, 3.63) is 162 Å². The molecule has 0 bridgehead atoms. The number of aryl methyl sites for hydroxylation is 1. The molecule has 0 saturated carbocycles. The number of allylic oxidation sites excluding steroid dienone is 2. The zero-order chi connectivity index (χ0) is 43.2. The van der Waals surface area contributed by atoms with Crippen molar-refractivity contribution in [3.8, 4) is 39.5 Å². The molecule has 1 aliphatic heterocycles. The highest BCUT2D eigenvalue weighted by atomic mass is 28.3. The van der Waals surface area contributed by atoms with E-state index in [-0.39, 0.29) is 23.8 Å². The monoisotopic (exact) mass is 831 g/mol. The van der Waals surface area contributed by atoms with Crippen molar-refractivity contribution < 1.29 is 13.6 Å². The zero-order valence-corrected chi connectivity index (χ0v) is 39.3. The van der Waals surface area contributed by atoms with Crippen molar-refractivity contribution in [2.24, 2.45) is 5.92 Å². The molecule has 10 rings (SSSR count). The summed E-state index contributed by atoms with van der Waals surface area (Å²) in [6, 6.07) is 45.6. The molecule has 0 fully saturated rings. The molecule has 2 aliphatic rings. The SMILES string of the molecule is Cc1oc2ccccc2c1-c1n(-c2c(C(C)C)cc(-c3ccccc3)cc2C(C)C)c2ccccc2[n+]1C1=CC2c3ccccc3-c3cc(CC(C)C)c([Si](C)(C)C)c[n+]3C2C1. The van der Waals surface area contributed by atoms with E-state index < -0.39 is 8.07 Å². The Morgan fingerprint density at radius 2 is 1.40 bits per heavy atom. The lowest BCUT2D eigenvalue weighted by Crippen LogP contribution is -2.53. The van der Waals surface area contributed by atoms with Crippen LogP contribution in [0.25, 0.3) is 67.2 Å². The first kappa shape index (κ1) is 40.3. The first-order valence-electron chi connectivity index (χ1n) is 23.0. The zero-order valence-electron chi connectivity index (χ0n) is 38.3. The lowest BCUT2D eigenvalue weighted by molar-refractivity contribution is -0.715. The fourth-order valence-electron chi connectivity index (χ4n) is 10.8. The molecule has 3 aromatic heterocycles. The molecule has 0 spiro atoms. The largest absolute Gasteiger partial charge is 0.460 e. The molecule has 4 heterocycles. The van der Waals surface area contributed by atoms with E-state index in [0.29, 0.717) is 5.92 Å². The number of benzene rings is 5. The summed E-state index contributed by atoms with van der Waals surface area (Å²) in [7, 11) is -1.68. The highest BCUT2D eigenvalue weighted by molar-refractivity contribution is 6.89. The molecule has 312 valence electrons. The third kappa shape index (κ3) is 6.54. The smallest absolute Gasteiger partial charge is 0.304 e. The van der Waals surface area contributed by atoms with Crippen LogP contribution in [0.15, 0.2) is 138 Å². The molecule has 1 aliphatic carbocycles. The number of para-hydroxylation sites is 3. The van der Waals surface area contributed by atoms with Crippen LogP contribution in [0.4, 0.5) is 0 Å². The third-order valence-corrected chi connectivity index (χ3v) is 15.7. The van der Waals surface area contributed by atoms with Gasteiger partial charge in [0, 0.05) is 27.8 Å². The number of aromatic nitrogens is 3. The van der Waals surface area contributed by atoms with E-state index in [4.69, 9.17) is 4.42 Å². The van der Waals surface area contributed by atoms with Gasteiger partial charge in [0.1, 0.15) is 28.3 Å². The summed E-state index contributed by atoms with van der Waals surface area (Å²) in [6.07, 6.45) is 7.24. The summed E-state index contributed by atoms with van der Waals surface area (Å²) in [5.41, 5.74) is 18.0. The maximum atomic E-state index is 6.72. The van der Waals surface area contributed by atoms with Gasteiger partial charge in [-0.3, -0.25) is 0 Å². The van der Waals surface area contributed by atoms with Crippen molar-refractivity contribution in [2.45, 2.75) is 105 Å². The lowest BCUT2D eigenvalue weighted by atomic mass is 9.84. The van der Waals surface area contributed by atoms with E-state index >= 15 is 0 Å². The van der Waals surface area contributed by atoms with Gasteiger partial charge in [0.05, 0.1) is 26.0 Å². The first-order chi connectivity index (χ1) is 29.8. The molecular formula is C57H61N3OSi+2. The molecule has 8 aromatic rings. The molecule has 2 atom stereocenters. The van der Waals surface area contributed by atoms with E-state index in [0.717, 1.165) is 41.0 Å². The fourth-order valence-corrected chi connectivity index (χ4v) is 12.5. The van der Waals surface area contributed by atoms with Crippen LogP contribution < -0.4 is 14.3 Å². The van der Waals surface area contributed by atoms with Crippen molar-refractivity contribution in [1.29, 1.82) is 0 Å². The van der Waals surface area contributed by atoms with Crippen LogP contribution in [-0.2, 0) is 6.42 Å². The van der Waals surface area contributed by atoms with Crippen molar-refractivity contribution in [2.75, 3.05) is 0 Å². The predicted molar refractivity (Wildman–Crippen MR) is 261 cm³/mol. The molecule has 0 radical (unpaired) electrons. The number of nitrogens with zero attached hydrogens (tertiary/aromatic N) is 3. The minimum Gasteiger partial charge on any atom is -0.460 e. The Labute approximate surface area is 369 Å². The summed E-state index contributed by atoms with van der Waals surface area (Å²) in [5.74, 6) is 3.46. The van der Waals surface area contributed by atoms with E-state index in [2.05, 4.69) is 215 Å². The van der Waals surface area contributed by atoms with Crippen molar-refractivity contribution >= 4 is 41.0 Å². The standard InChI is InChI=1S/C57H61N3OSi/c1-35(2)28-41-31-51-44-23-15-14-22-43(44)48-32-42(33-52(48)58(51)34-54(41)62(8,9)10)59-49-25-17-18-26-50(49)60(57(59)55-38(7)61-53-27-19-16-24-45(53)55)56-46(36(3)4)29-40(30-47(56)37(5)6)39-20-12-11-13-21-39/h11-27,29-32,34-37,48,52H,28,33H2,1-10H3/q+2. The average Bonchev–Trinajstić information content (AvgIpc) is 3.93. The normalized spacial score (nSPS) is 16.1. The Bertz CT molecular complexity index is 3030. The quantitative estimate of drug-likeness (QED) is 0.105. The van der Waals surface area contributed by atoms with E-state index in [1.54, 1.807) is 5.19 Å². The minimum absolute atomic E-state index is 0.233. The minimum atomic E-state index is -1.68. The number of imidazole rings is 1. The Morgan fingerprint density at radius 3 is 2.11 bits per heavy atom. The van der Waals surface area contributed by atoms with Gasteiger partial charge in [0.25, 0.3) is 0 Å². The second kappa shape index (κ2) is 15.2. The molecule has 0 N–H and O–H groups in total. The molecular weight excluding hydrogens is 771 g/mol. The predicted octanol–water partition coefficient (Wildman–Crippen LogP) is 13.8. The van der Waals surface area contributed by atoms with Crippen LogP contribution in [-0.4, -0.2) is 12.6 Å². The first-order valence-corrected chi connectivity index (χ1v) is 26.5. The summed E-state index contributed by atoms with van der Waals surface area (Å²) in [5, 5.41) is 2.73. The lowest BCUT2D eigenvalue weighted by Gasteiger charge is -2.28. The van der Waals surface area contributed by atoms with Crippen LogP contribution in [0.3, 0.4) is 0 Å². The van der Waals surface area contributed by atoms with E-state index in [1.165, 1.54) is 67.1 Å². The highest BCUT2D eigenvalue weighted by Gasteiger charge is 2.48.